The number of hydrogen-bond acceptors (Lipinski definition) is 3. The van der Waals surface area contributed by atoms with Gasteiger partial charge in [-0.3, -0.25) is 10.1 Å². The average Bonchev–Trinajstić information content (AvgIpc) is 2.97. The molecule has 5 nitrogen and oxygen atoms in total. The standard InChI is InChI=1S/C15H8F4N4OS/c16-7-5-6(10(17)12(19)11(7)18)13(24)22-15(25)23-14-20-8-3-1-2-4-9(8)21-14/h1-5H,(H3,20,21,22,23,24,25). The third-order valence-corrected chi connectivity index (χ3v) is 3.40. The van der Waals surface area contributed by atoms with E-state index in [1.807, 2.05) is 5.32 Å². The molecule has 128 valence electrons. The molecule has 0 aliphatic rings. The lowest BCUT2D eigenvalue weighted by Crippen LogP contribution is -2.35. The van der Waals surface area contributed by atoms with Crippen LogP contribution in [0.15, 0.2) is 30.3 Å². The predicted molar refractivity (Wildman–Crippen MR) is 86.1 cm³/mol. The number of fused-ring (bicyclic) bond motifs is 1. The molecule has 0 spiro atoms. The number of aromatic amines is 1. The number of aromatic nitrogens is 2. The van der Waals surface area contributed by atoms with Crippen molar-refractivity contribution in [3.63, 3.8) is 0 Å². The van der Waals surface area contributed by atoms with Gasteiger partial charge in [0.2, 0.25) is 5.95 Å². The zero-order valence-corrected chi connectivity index (χ0v) is 13.0. The molecule has 0 bridgehead atoms. The quantitative estimate of drug-likeness (QED) is 0.281. The summed E-state index contributed by atoms with van der Waals surface area (Å²) in [6.07, 6.45) is 0. The van der Waals surface area contributed by atoms with Crippen molar-refractivity contribution in [1.82, 2.24) is 15.3 Å². The van der Waals surface area contributed by atoms with Gasteiger partial charge in [-0.15, -0.1) is 0 Å². The van der Waals surface area contributed by atoms with Gasteiger partial charge in [-0.2, -0.15) is 0 Å². The van der Waals surface area contributed by atoms with E-state index in [4.69, 9.17) is 12.2 Å². The van der Waals surface area contributed by atoms with Crippen molar-refractivity contribution in [3.8, 4) is 0 Å². The number of anilines is 1. The van der Waals surface area contributed by atoms with Gasteiger partial charge in [0, 0.05) is 0 Å². The summed E-state index contributed by atoms with van der Waals surface area (Å²) in [4.78, 5) is 18.9. The van der Waals surface area contributed by atoms with E-state index in [-0.39, 0.29) is 17.1 Å². The van der Waals surface area contributed by atoms with Gasteiger partial charge >= 0.3 is 0 Å². The first-order chi connectivity index (χ1) is 11.9. The van der Waals surface area contributed by atoms with Crippen molar-refractivity contribution in [3.05, 3.63) is 59.2 Å². The largest absolute Gasteiger partial charge is 0.324 e. The molecule has 1 aromatic heterocycles. The van der Waals surface area contributed by atoms with Gasteiger partial charge in [-0.25, -0.2) is 22.5 Å². The normalized spacial score (nSPS) is 10.7. The predicted octanol–water partition coefficient (Wildman–Crippen LogP) is 3.25. The minimum Gasteiger partial charge on any atom is -0.324 e. The lowest BCUT2D eigenvalue weighted by molar-refractivity contribution is 0.0971. The zero-order chi connectivity index (χ0) is 18.1. The highest BCUT2D eigenvalue weighted by Crippen LogP contribution is 2.19. The number of rotatable bonds is 2. The van der Waals surface area contributed by atoms with Crippen LogP contribution in [0.25, 0.3) is 11.0 Å². The number of nitrogens with one attached hydrogen (secondary N) is 3. The number of H-pyrrole nitrogens is 1. The fourth-order valence-corrected chi connectivity index (χ4v) is 2.25. The molecule has 0 radical (unpaired) electrons. The number of hydrogen-bond donors (Lipinski definition) is 3. The topological polar surface area (TPSA) is 69.8 Å². The summed E-state index contributed by atoms with van der Waals surface area (Å²) < 4.78 is 52.8. The third-order valence-electron chi connectivity index (χ3n) is 3.20. The maximum Gasteiger partial charge on any atom is 0.260 e. The first-order valence-electron chi connectivity index (χ1n) is 6.77. The molecular weight excluding hydrogens is 360 g/mol. The summed E-state index contributed by atoms with van der Waals surface area (Å²) in [5.41, 5.74) is 0.311. The summed E-state index contributed by atoms with van der Waals surface area (Å²) in [5.74, 6) is -8.64. The van der Waals surface area contributed by atoms with Gasteiger partial charge in [0.05, 0.1) is 16.6 Å². The molecular formula is C15H8F4N4OS. The van der Waals surface area contributed by atoms with Crippen LogP contribution in [0.3, 0.4) is 0 Å². The van der Waals surface area contributed by atoms with E-state index in [9.17, 15) is 22.4 Å². The van der Waals surface area contributed by atoms with Crippen molar-refractivity contribution in [1.29, 1.82) is 0 Å². The second-order valence-electron chi connectivity index (χ2n) is 4.86. The maximum atomic E-state index is 13.6. The van der Waals surface area contributed by atoms with Crippen molar-refractivity contribution < 1.29 is 22.4 Å². The highest BCUT2D eigenvalue weighted by Gasteiger charge is 2.23. The lowest BCUT2D eigenvalue weighted by atomic mass is 10.1. The number of para-hydroxylation sites is 2. The molecule has 25 heavy (non-hydrogen) atoms. The molecule has 0 aliphatic heterocycles. The first-order valence-corrected chi connectivity index (χ1v) is 7.17. The zero-order valence-electron chi connectivity index (χ0n) is 12.2. The van der Waals surface area contributed by atoms with Crippen LogP contribution in [0.2, 0.25) is 0 Å². The molecule has 0 saturated carbocycles. The van der Waals surface area contributed by atoms with Crippen LogP contribution in [-0.2, 0) is 0 Å². The van der Waals surface area contributed by atoms with Crippen LogP contribution in [-0.4, -0.2) is 21.0 Å². The molecule has 3 rings (SSSR count). The van der Waals surface area contributed by atoms with Gasteiger partial charge in [0.1, 0.15) is 0 Å². The van der Waals surface area contributed by atoms with E-state index >= 15 is 0 Å². The summed E-state index contributed by atoms with van der Waals surface area (Å²) >= 11 is 4.86. The van der Waals surface area contributed by atoms with Crippen LogP contribution >= 0.6 is 12.2 Å². The summed E-state index contributed by atoms with van der Waals surface area (Å²) in [6, 6.07) is 7.29. The van der Waals surface area contributed by atoms with Gasteiger partial charge < -0.3 is 10.3 Å². The Morgan fingerprint density at radius 3 is 2.52 bits per heavy atom. The van der Waals surface area contributed by atoms with Crippen LogP contribution in [0.5, 0.6) is 0 Å². The molecule has 0 unspecified atom stereocenters. The molecule has 0 atom stereocenters. The number of benzene rings is 2. The van der Waals surface area contributed by atoms with E-state index < -0.39 is 34.7 Å². The highest BCUT2D eigenvalue weighted by molar-refractivity contribution is 7.80. The van der Waals surface area contributed by atoms with E-state index in [0.717, 1.165) is 0 Å². The lowest BCUT2D eigenvalue weighted by Gasteiger charge is -2.09. The van der Waals surface area contributed by atoms with E-state index in [2.05, 4.69) is 15.3 Å². The van der Waals surface area contributed by atoms with Crippen LogP contribution in [0.4, 0.5) is 23.5 Å². The van der Waals surface area contributed by atoms with Crippen molar-refractivity contribution in [2.75, 3.05) is 5.32 Å². The monoisotopic (exact) mass is 368 g/mol. The van der Waals surface area contributed by atoms with Crippen molar-refractivity contribution in [2.45, 2.75) is 0 Å². The molecule has 0 aliphatic carbocycles. The van der Waals surface area contributed by atoms with E-state index in [1.165, 1.54) is 0 Å². The van der Waals surface area contributed by atoms with Gasteiger partial charge in [-0.05, 0) is 30.4 Å². The Hall–Kier alpha value is -3.01. The van der Waals surface area contributed by atoms with Crippen LogP contribution in [0.1, 0.15) is 10.4 Å². The Morgan fingerprint density at radius 1 is 1.08 bits per heavy atom. The molecule has 10 heteroatoms. The number of carbonyl (C=O) groups excluding carboxylic acids is 1. The SMILES string of the molecule is O=C(NC(=S)Nc1nc2ccccc2[nH]1)c1cc(F)c(F)c(F)c1F. The van der Waals surface area contributed by atoms with Crippen molar-refractivity contribution in [2.24, 2.45) is 0 Å². The van der Waals surface area contributed by atoms with E-state index in [0.29, 0.717) is 11.0 Å². The number of imidazole rings is 1. The van der Waals surface area contributed by atoms with Crippen LogP contribution in [0, 0.1) is 23.3 Å². The molecule has 2 aromatic carbocycles. The molecule has 0 fully saturated rings. The second-order valence-corrected chi connectivity index (χ2v) is 5.27. The average molecular weight is 368 g/mol. The molecule has 1 amide bonds. The Morgan fingerprint density at radius 2 is 1.80 bits per heavy atom. The van der Waals surface area contributed by atoms with E-state index in [1.54, 1.807) is 24.3 Å². The fraction of sp³-hybridized carbons (Fsp3) is 0. The first kappa shape index (κ1) is 16.8. The Kier molecular flexibility index (Phi) is 4.36. The minimum atomic E-state index is -2.08. The van der Waals surface area contributed by atoms with Gasteiger partial charge in [0.15, 0.2) is 28.4 Å². The summed E-state index contributed by atoms with van der Waals surface area (Å²) in [5, 5.41) is 4.27. The van der Waals surface area contributed by atoms with Gasteiger partial charge in [0.25, 0.3) is 5.91 Å². The second kappa shape index (κ2) is 6.48. The Balaban J connectivity index is 1.76. The number of halogens is 4. The van der Waals surface area contributed by atoms with Gasteiger partial charge in [-0.1, -0.05) is 12.1 Å². The number of carbonyl (C=O) groups is 1. The third kappa shape index (κ3) is 3.29. The molecule has 0 saturated heterocycles. The molecule has 3 N–H and O–H groups in total. The fourth-order valence-electron chi connectivity index (χ4n) is 2.06. The Bertz CT molecular complexity index is 972. The van der Waals surface area contributed by atoms with Crippen molar-refractivity contribution >= 4 is 40.2 Å². The Labute approximate surface area is 143 Å². The summed E-state index contributed by atoms with van der Waals surface area (Å²) in [7, 11) is 0. The molecule has 1 heterocycles. The smallest absolute Gasteiger partial charge is 0.260 e. The number of thiocarbonyl (C=S) groups is 1. The highest BCUT2D eigenvalue weighted by atomic mass is 32.1. The summed E-state index contributed by atoms with van der Waals surface area (Å²) in [6.45, 7) is 0. The van der Waals surface area contributed by atoms with Crippen LogP contribution < -0.4 is 10.6 Å². The minimum absolute atomic E-state index is 0.198. The number of amides is 1. The maximum absolute atomic E-state index is 13.6. The molecule has 3 aromatic rings. The number of nitrogens with zero attached hydrogens (tertiary/aromatic N) is 1.